The van der Waals surface area contributed by atoms with E-state index in [0.29, 0.717) is 0 Å². The molecule has 94 valence electrons. The van der Waals surface area contributed by atoms with Crippen molar-refractivity contribution in [1.29, 1.82) is 0 Å². The first-order chi connectivity index (χ1) is 6.81. The quantitative estimate of drug-likeness (QED) is 0.597. The van der Waals surface area contributed by atoms with Crippen molar-refractivity contribution in [2.45, 2.75) is 67.9 Å². The summed E-state index contributed by atoms with van der Waals surface area (Å²) in [5.74, 6) is 0. The SMILES string of the molecule is C#COC(C(C)(C)C)(C(C)(C)C)C(C)(C)C. The van der Waals surface area contributed by atoms with E-state index in [1.165, 1.54) is 0 Å². The van der Waals surface area contributed by atoms with Gasteiger partial charge >= 0.3 is 0 Å². The Balaban J connectivity index is 5.95. The first-order valence-corrected chi connectivity index (χ1v) is 5.95. The summed E-state index contributed by atoms with van der Waals surface area (Å²) < 4.78 is 5.85. The third-order valence-corrected chi connectivity index (χ3v) is 3.38. The lowest BCUT2D eigenvalue weighted by Crippen LogP contribution is -2.62. The molecule has 0 aliphatic heterocycles. The van der Waals surface area contributed by atoms with Crippen molar-refractivity contribution in [3.63, 3.8) is 0 Å². The van der Waals surface area contributed by atoms with Gasteiger partial charge in [0.15, 0.2) is 0 Å². The zero-order valence-electron chi connectivity index (χ0n) is 12.5. The molecule has 0 unspecified atom stereocenters. The first-order valence-electron chi connectivity index (χ1n) is 5.95. The van der Waals surface area contributed by atoms with Gasteiger partial charge in [0.2, 0.25) is 0 Å². The molecule has 1 heteroatoms. The minimum atomic E-state index is -0.373. The van der Waals surface area contributed by atoms with Crippen molar-refractivity contribution < 1.29 is 4.74 Å². The third kappa shape index (κ3) is 2.21. The van der Waals surface area contributed by atoms with Crippen LogP contribution in [0.4, 0.5) is 0 Å². The van der Waals surface area contributed by atoms with Crippen LogP contribution >= 0.6 is 0 Å². The van der Waals surface area contributed by atoms with Gasteiger partial charge in [0, 0.05) is 16.2 Å². The summed E-state index contributed by atoms with van der Waals surface area (Å²) in [6.45, 7) is 19.8. The van der Waals surface area contributed by atoms with Crippen LogP contribution in [-0.2, 0) is 4.74 Å². The molecule has 0 aromatic carbocycles. The standard InChI is InChI=1S/C15H28O/c1-11-16-15(12(2,3)4,13(5,6)7)14(8,9)10/h1H,2-10H3. The van der Waals surface area contributed by atoms with Gasteiger partial charge in [-0.2, -0.15) is 0 Å². The van der Waals surface area contributed by atoms with Gasteiger partial charge in [0.1, 0.15) is 11.7 Å². The van der Waals surface area contributed by atoms with E-state index in [4.69, 9.17) is 11.2 Å². The van der Waals surface area contributed by atoms with Crippen LogP contribution in [0.1, 0.15) is 62.3 Å². The second kappa shape index (κ2) is 3.99. The van der Waals surface area contributed by atoms with E-state index in [1.54, 1.807) is 0 Å². The second-order valence-electron chi connectivity index (χ2n) is 7.65. The Labute approximate surface area is 102 Å². The Bertz CT molecular complexity index is 236. The normalized spacial score (nSPS) is 14.5. The Morgan fingerprint density at radius 1 is 0.688 bits per heavy atom. The molecule has 0 radical (unpaired) electrons. The largest absolute Gasteiger partial charge is 0.438 e. The van der Waals surface area contributed by atoms with Gasteiger partial charge < -0.3 is 4.74 Å². The third-order valence-electron chi connectivity index (χ3n) is 3.38. The highest BCUT2D eigenvalue weighted by molar-refractivity contribution is 5.09. The Kier molecular flexibility index (Phi) is 3.83. The van der Waals surface area contributed by atoms with Crippen LogP contribution < -0.4 is 0 Å². The second-order valence-corrected chi connectivity index (χ2v) is 7.65. The summed E-state index contributed by atoms with van der Waals surface area (Å²) in [5, 5.41) is 0. The Morgan fingerprint density at radius 3 is 1.00 bits per heavy atom. The molecule has 0 aliphatic rings. The van der Waals surface area contributed by atoms with Gasteiger partial charge in [-0.25, -0.2) is 0 Å². The molecule has 0 bridgehead atoms. The van der Waals surface area contributed by atoms with E-state index < -0.39 is 0 Å². The maximum absolute atomic E-state index is 5.85. The number of rotatable bonds is 1. The maximum atomic E-state index is 5.85. The summed E-state index contributed by atoms with van der Waals surface area (Å²) in [6.07, 6.45) is 7.86. The van der Waals surface area contributed by atoms with E-state index >= 15 is 0 Å². The number of ether oxygens (including phenoxy) is 1. The fourth-order valence-corrected chi connectivity index (χ4v) is 3.92. The van der Waals surface area contributed by atoms with Gasteiger partial charge in [0.05, 0.1) is 0 Å². The first kappa shape index (κ1) is 15.4. The molecule has 0 heterocycles. The van der Waals surface area contributed by atoms with Crippen molar-refractivity contribution >= 4 is 0 Å². The van der Waals surface area contributed by atoms with Crippen LogP contribution in [0.5, 0.6) is 0 Å². The van der Waals surface area contributed by atoms with E-state index in [-0.39, 0.29) is 21.8 Å². The van der Waals surface area contributed by atoms with Gasteiger partial charge in [-0.1, -0.05) is 68.7 Å². The summed E-state index contributed by atoms with van der Waals surface area (Å²) >= 11 is 0. The van der Waals surface area contributed by atoms with Crippen LogP contribution in [-0.4, -0.2) is 5.60 Å². The van der Waals surface area contributed by atoms with Crippen LogP contribution in [0.15, 0.2) is 0 Å². The van der Waals surface area contributed by atoms with Crippen LogP contribution in [0, 0.1) is 28.8 Å². The number of hydrogen-bond acceptors (Lipinski definition) is 1. The molecule has 0 amide bonds. The lowest BCUT2D eigenvalue weighted by atomic mass is 9.52. The Morgan fingerprint density at radius 2 is 0.938 bits per heavy atom. The molecule has 0 atom stereocenters. The molecule has 0 saturated heterocycles. The molecule has 16 heavy (non-hydrogen) atoms. The molecule has 0 aromatic heterocycles. The average Bonchev–Trinajstić information content (AvgIpc) is 1.91. The predicted molar refractivity (Wildman–Crippen MR) is 71.0 cm³/mol. The summed E-state index contributed by atoms with van der Waals surface area (Å²) in [4.78, 5) is 0. The van der Waals surface area contributed by atoms with Gasteiger partial charge in [-0.3, -0.25) is 0 Å². The average molecular weight is 224 g/mol. The monoisotopic (exact) mass is 224 g/mol. The summed E-state index contributed by atoms with van der Waals surface area (Å²) in [6, 6.07) is 0. The number of terminal acetylenes is 1. The minimum Gasteiger partial charge on any atom is -0.438 e. The zero-order chi connectivity index (χ0) is 13.4. The summed E-state index contributed by atoms with van der Waals surface area (Å²) in [7, 11) is 0. The van der Waals surface area contributed by atoms with Crippen molar-refractivity contribution in [2.24, 2.45) is 16.2 Å². The smallest absolute Gasteiger partial charge is 0.135 e. The molecule has 0 aromatic rings. The van der Waals surface area contributed by atoms with E-state index in [1.807, 2.05) is 0 Å². The molecule has 0 fully saturated rings. The van der Waals surface area contributed by atoms with Crippen molar-refractivity contribution in [3.8, 4) is 12.5 Å². The Hall–Kier alpha value is -0.640. The molecular formula is C15H28O. The molecule has 0 spiro atoms. The van der Waals surface area contributed by atoms with Gasteiger partial charge in [0.25, 0.3) is 0 Å². The van der Waals surface area contributed by atoms with Crippen LogP contribution in [0.3, 0.4) is 0 Å². The zero-order valence-corrected chi connectivity index (χ0v) is 12.5. The highest BCUT2D eigenvalue weighted by atomic mass is 16.5. The van der Waals surface area contributed by atoms with E-state index in [2.05, 4.69) is 68.4 Å². The van der Waals surface area contributed by atoms with Crippen LogP contribution in [0.2, 0.25) is 0 Å². The number of hydrogen-bond donors (Lipinski definition) is 0. The van der Waals surface area contributed by atoms with Crippen molar-refractivity contribution in [3.05, 3.63) is 0 Å². The van der Waals surface area contributed by atoms with Crippen LogP contribution in [0.25, 0.3) is 0 Å². The van der Waals surface area contributed by atoms with E-state index in [0.717, 1.165) is 0 Å². The van der Waals surface area contributed by atoms with Crippen molar-refractivity contribution in [1.82, 2.24) is 0 Å². The molecular weight excluding hydrogens is 196 g/mol. The fourth-order valence-electron chi connectivity index (χ4n) is 3.92. The maximum Gasteiger partial charge on any atom is 0.135 e. The lowest BCUT2D eigenvalue weighted by molar-refractivity contribution is -0.200. The summed E-state index contributed by atoms with van der Waals surface area (Å²) in [5.41, 5.74) is -0.469. The van der Waals surface area contributed by atoms with E-state index in [9.17, 15) is 0 Å². The molecule has 0 aliphatic carbocycles. The van der Waals surface area contributed by atoms with Gasteiger partial charge in [-0.15, -0.1) is 0 Å². The molecule has 0 N–H and O–H groups in total. The predicted octanol–water partition coefficient (Wildman–Crippen LogP) is 4.47. The molecule has 1 nitrogen and oxygen atoms in total. The minimum absolute atomic E-state index is 0.0319. The van der Waals surface area contributed by atoms with Gasteiger partial charge in [-0.05, 0) is 0 Å². The lowest BCUT2D eigenvalue weighted by Gasteiger charge is -2.58. The molecule has 0 saturated carbocycles. The molecule has 0 rings (SSSR count). The highest BCUT2D eigenvalue weighted by Crippen LogP contribution is 2.56. The fraction of sp³-hybridized carbons (Fsp3) is 0.867. The topological polar surface area (TPSA) is 9.23 Å². The van der Waals surface area contributed by atoms with Crippen molar-refractivity contribution in [2.75, 3.05) is 0 Å². The highest BCUT2D eigenvalue weighted by Gasteiger charge is 2.60.